The van der Waals surface area contributed by atoms with Gasteiger partial charge in [-0.25, -0.2) is 0 Å². The molecule has 0 spiro atoms. The molecule has 0 heterocycles. The van der Waals surface area contributed by atoms with E-state index in [-0.39, 0.29) is 33.0 Å². The van der Waals surface area contributed by atoms with Gasteiger partial charge in [-0.3, -0.25) is 0 Å². The molecular weight excluding hydrogens is 581 g/mol. The van der Waals surface area contributed by atoms with Crippen LogP contribution >= 0.6 is 0 Å². The molecule has 0 bridgehead atoms. The quantitative estimate of drug-likeness (QED) is 0.228. The Labute approximate surface area is 209 Å². The zero-order valence-electron chi connectivity index (χ0n) is 19.1. The molecule has 31 heavy (non-hydrogen) atoms. The van der Waals surface area contributed by atoms with Crippen molar-refractivity contribution in [3.8, 4) is 5.92 Å². The van der Waals surface area contributed by atoms with E-state index in [1.54, 1.807) is 21.3 Å². The van der Waals surface area contributed by atoms with E-state index in [1.807, 2.05) is 94.7 Å². The minimum Gasteiger partial charge on any atom is -0.500 e. The van der Waals surface area contributed by atoms with Gasteiger partial charge in [0.2, 0.25) is 0 Å². The largest absolute Gasteiger partial charge is 0.500 e. The average Bonchev–Trinajstić information content (AvgIpc) is 2.81. The maximum absolute atomic E-state index is 6.60. The molecule has 0 saturated heterocycles. The Morgan fingerprint density at radius 3 is 1.03 bits per heavy atom. The van der Waals surface area contributed by atoms with Gasteiger partial charge >= 0.3 is 0 Å². The molecule has 0 unspecified atom stereocenters. The second-order valence-electron chi connectivity index (χ2n) is 6.69. The van der Waals surface area contributed by atoms with Crippen LogP contribution in [-0.2, 0) is 14.2 Å². The standard InChI is InChI=1S/3C7H7O.C6H9.Bi.H2/c3*1-8-7-5-3-2-4-6-7;1-5-6(2,3)4;;/h3*3-6H,1H3;2-4H3;;1H. The Hall–Kier alpha value is -2.38. The van der Waals surface area contributed by atoms with Crippen molar-refractivity contribution in [2.45, 2.75) is 20.8 Å². The molecule has 3 aliphatic rings. The number of rotatable bonds is 3. The van der Waals surface area contributed by atoms with Crippen molar-refractivity contribution >= 4 is 26.2 Å². The maximum atomic E-state index is 6.60. The first-order valence-electron chi connectivity index (χ1n) is 9.30. The Morgan fingerprint density at radius 1 is 0.677 bits per heavy atom. The molecule has 3 rings (SSSR count). The molecule has 4 heteroatoms. The van der Waals surface area contributed by atoms with Crippen LogP contribution in [0.25, 0.3) is 0 Å². The minimum absolute atomic E-state index is 0. The number of ether oxygens (including phenoxy) is 3. The summed E-state index contributed by atoms with van der Waals surface area (Å²) in [6.45, 7) is 5.83. The van der Waals surface area contributed by atoms with Gasteiger partial charge in [-0.1, -0.05) is 5.92 Å². The molecule has 0 aliphatic heterocycles. The molecule has 0 amide bonds. The van der Waals surface area contributed by atoms with Crippen molar-refractivity contribution in [3.05, 3.63) is 115 Å². The van der Waals surface area contributed by atoms with Crippen LogP contribution in [-0.4, -0.2) is 47.5 Å². The van der Waals surface area contributed by atoms with Gasteiger partial charge in [0.05, 0.1) is 40.6 Å². The second-order valence-corrected chi connectivity index (χ2v) is 6.69. The zero-order valence-corrected chi connectivity index (χ0v) is 22.6. The van der Waals surface area contributed by atoms with Crippen LogP contribution in [0.4, 0.5) is 0 Å². The molecule has 3 nitrogen and oxygen atoms in total. The van der Waals surface area contributed by atoms with Gasteiger partial charge in [0, 0.05) is 33.0 Å². The summed E-state index contributed by atoms with van der Waals surface area (Å²) in [7, 11) is 4.94. The summed E-state index contributed by atoms with van der Waals surface area (Å²) in [5.41, 5.74) is 8.62. The summed E-state index contributed by atoms with van der Waals surface area (Å²) in [6.07, 6.45) is 28.7. The van der Waals surface area contributed by atoms with Crippen LogP contribution in [0.15, 0.2) is 89.2 Å². The van der Waals surface area contributed by atoms with E-state index < -0.39 is 0 Å². The number of methoxy groups -OCH3 is 3. The maximum Gasteiger partial charge on any atom is 0.105 e. The van der Waals surface area contributed by atoms with E-state index in [2.05, 4.69) is 23.1 Å². The van der Waals surface area contributed by atoms with Gasteiger partial charge in [0.25, 0.3) is 0 Å². The van der Waals surface area contributed by atoms with Gasteiger partial charge in [-0.05, 0) is 81.9 Å². The molecule has 0 N–H and O–H groups in total. The molecule has 3 aliphatic carbocycles. The molecule has 0 aromatic heterocycles. The molecule has 0 saturated carbocycles. The monoisotopic (exact) mass is 613 g/mol. The van der Waals surface area contributed by atoms with Gasteiger partial charge in [0.1, 0.15) is 17.3 Å². The van der Waals surface area contributed by atoms with Crippen LogP contribution in [0, 0.1) is 37.0 Å². The summed E-state index contributed by atoms with van der Waals surface area (Å²) >= 11 is 0. The number of hydrogen-bond donors (Lipinski definition) is 0. The number of allylic oxidation sites excluding steroid dienone is 6. The molecule has 0 aromatic rings. The van der Waals surface area contributed by atoms with E-state index in [1.165, 1.54) is 0 Å². The van der Waals surface area contributed by atoms with E-state index in [0.717, 1.165) is 17.3 Å². The minimum atomic E-state index is -0.0417. The van der Waals surface area contributed by atoms with Gasteiger partial charge < -0.3 is 14.2 Å². The summed E-state index contributed by atoms with van der Waals surface area (Å²) in [4.78, 5) is 0. The van der Waals surface area contributed by atoms with Gasteiger partial charge in [-0.2, -0.15) is 0 Å². The van der Waals surface area contributed by atoms with E-state index >= 15 is 0 Å². The zero-order chi connectivity index (χ0) is 22.7. The summed E-state index contributed by atoms with van der Waals surface area (Å²) < 4.78 is 14.7. The third-order valence-corrected chi connectivity index (χ3v) is 3.15. The van der Waals surface area contributed by atoms with Crippen LogP contribution in [0.3, 0.4) is 0 Å². The summed E-state index contributed by atoms with van der Waals surface area (Å²) in [5.74, 6) is 4.99. The van der Waals surface area contributed by atoms with Crippen LogP contribution in [0.1, 0.15) is 22.2 Å². The van der Waals surface area contributed by atoms with Crippen LogP contribution in [0.2, 0.25) is 0 Å². The fourth-order valence-electron chi connectivity index (χ4n) is 1.52. The molecular formula is C27H32BiO3. The third kappa shape index (κ3) is 19.3. The Morgan fingerprint density at radius 2 is 0.935 bits per heavy atom. The van der Waals surface area contributed by atoms with Crippen molar-refractivity contribution in [2.75, 3.05) is 21.3 Å². The van der Waals surface area contributed by atoms with E-state index in [4.69, 9.17) is 20.6 Å². The molecule has 0 fully saturated rings. The Bertz CT molecular complexity index is 747. The Balaban J connectivity index is -0.000000346. The second kappa shape index (κ2) is 19.6. The molecule has 0 aromatic carbocycles. The van der Waals surface area contributed by atoms with Crippen LogP contribution < -0.4 is 0 Å². The van der Waals surface area contributed by atoms with Crippen molar-refractivity contribution in [1.29, 1.82) is 0 Å². The van der Waals surface area contributed by atoms with Gasteiger partial charge in [0.15, 0.2) is 0 Å². The first-order valence-corrected chi connectivity index (χ1v) is 9.30. The average molecular weight is 614 g/mol. The van der Waals surface area contributed by atoms with Crippen molar-refractivity contribution < 1.29 is 15.6 Å². The predicted molar refractivity (Wildman–Crippen MR) is 131 cm³/mol. The van der Waals surface area contributed by atoms with E-state index in [0.29, 0.717) is 0 Å². The normalized spacial score (nSPS) is 14.3. The molecule has 7 radical (unpaired) electrons. The van der Waals surface area contributed by atoms with Gasteiger partial charge in [-0.15, -0.1) is 17.2 Å². The van der Waals surface area contributed by atoms with Crippen molar-refractivity contribution in [1.82, 2.24) is 0 Å². The molecule has 163 valence electrons. The topological polar surface area (TPSA) is 27.7 Å². The summed E-state index contributed by atoms with van der Waals surface area (Å²) in [5, 5.41) is 0. The fraction of sp³-hybridized carbons (Fsp3) is 0.259. The number of hydrogen-bond acceptors (Lipinski definition) is 3. The predicted octanol–water partition coefficient (Wildman–Crippen LogP) is 5.83. The molecule has 0 atom stereocenters. The fourth-order valence-corrected chi connectivity index (χ4v) is 1.52. The third-order valence-electron chi connectivity index (χ3n) is 3.15. The van der Waals surface area contributed by atoms with Crippen LogP contribution in [0.5, 0.6) is 0 Å². The summed E-state index contributed by atoms with van der Waals surface area (Å²) in [6, 6.07) is 0. The van der Waals surface area contributed by atoms with Crippen molar-refractivity contribution in [3.63, 3.8) is 0 Å². The first kappa shape index (κ1) is 30.8. The Kier molecular flexibility index (Phi) is 19.5. The van der Waals surface area contributed by atoms with Crippen molar-refractivity contribution in [2.24, 2.45) is 5.41 Å². The smallest absolute Gasteiger partial charge is 0.105 e. The first-order chi connectivity index (χ1) is 14.4. The SMILES string of the molecule is COC1=CC=C=C[CH]1.COC1=CC=C=C[CH]1.COC1=CC=C=C[CH]1.[Bi].[C]#CC(C)(C)C.[HH]. The van der Waals surface area contributed by atoms with E-state index in [9.17, 15) is 0 Å².